The molecule has 0 rings (SSSR count). The molecule has 1 atom stereocenters. The molecular formula is C8H18N2O5S. The maximum absolute atomic E-state index is 11.6. The molecule has 3 N–H and O–H groups in total. The second kappa shape index (κ2) is 5.09. The van der Waals surface area contributed by atoms with Crippen molar-refractivity contribution >= 4 is 16.2 Å². The van der Waals surface area contributed by atoms with E-state index in [1.54, 1.807) is 13.8 Å². The second-order valence-electron chi connectivity index (χ2n) is 4.02. The Morgan fingerprint density at radius 1 is 1.50 bits per heavy atom. The highest BCUT2D eigenvalue weighted by atomic mass is 32.2. The van der Waals surface area contributed by atoms with Crippen molar-refractivity contribution in [2.45, 2.75) is 32.4 Å². The van der Waals surface area contributed by atoms with Gasteiger partial charge >= 0.3 is 5.97 Å². The van der Waals surface area contributed by atoms with Gasteiger partial charge in [-0.25, -0.2) is 4.79 Å². The molecule has 0 bridgehead atoms. The lowest BCUT2D eigenvalue weighted by molar-refractivity contribution is -0.155. The van der Waals surface area contributed by atoms with E-state index in [1.807, 2.05) is 4.72 Å². The van der Waals surface area contributed by atoms with Crippen molar-refractivity contribution in [3.8, 4) is 0 Å². The van der Waals surface area contributed by atoms with E-state index in [2.05, 4.69) is 0 Å². The summed E-state index contributed by atoms with van der Waals surface area (Å²) in [5.41, 5.74) is -2.12. The van der Waals surface area contributed by atoms with Crippen LogP contribution >= 0.6 is 0 Å². The molecular weight excluding hydrogens is 236 g/mol. The molecule has 0 heterocycles. The molecule has 96 valence electrons. The Morgan fingerprint density at radius 2 is 1.94 bits per heavy atom. The Hall–Kier alpha value is -0.700. The van der Waals surface area contributed by atoms with E-state index in [1.165, 1.54) is 7.05 Å². The second-order valence-corrected chi connectivity index (χ2v) is 5.83. The Bertz CT molecular complexity index is 349. The number of rotatable bonds is 6. The van der Waals surface area contributed by atoms with Gasteiger partial charge in [0.15, 0.2) is 5.60 Å². The molecule has 0 aliphatic heterocycles. The predicted octanol–water partition coefficient (Wildman–Crippen LogP) is -1.00. The fourth-order valence-corrected chi connectivity index (χ4v) is 1.91. The first-order valence-corrected chi connectivity index (χ1v) is 6.13. The fourth-order valence-electron chi connectivity index (χ4n) is 0.687. The van der Waals surface area contributed by atoms with Crippen LogP contribution in [0.25, 0.3) is 0 Å². The van der Waals surface area contributed by atoms with E-state index in [0.29, 0.717) is 0 Å². The van der Waals surface area contributed by atoms with Crippen molar-refractivity contribution < 1.29 is 23.4 Å². The number of carboxylic acid groups (broad SMARTS) is 1. The lowest BCUT2D eigenvalue weighted by atomic mass is 10.1. The number of hydrogen-bond donors (Lipinski definition) is 3. The summed E-state index contributed by atoms with van der Waals surface area (Å²) in [5, 5.41) is 17.9. The summed E-state index contributed by atoms with van der Waals surface area (Å²) in [6.07, 6.45) is 0. The highest BCUT2D eigenvalue weighted by molar-refractivity contribution is 7.87. The topological polar surface area (TPSA) is 107 Å². The smallest absolute Gasteiger partial charge is 0.336 e. The summed E-state index contributed by atoms with van der Waals surface area (Å²) in [5.74, 6) is -1.48. The standard InChI is InChI=1S/C8H18N2O5S/c1-6(2)10(4)16(14,15)9-5-8(3,13)7(11)12/h6,9,13H,5H2,1-4H3,(H,11,12). The van der Waals surface area contributed by atoms with Crippen LogP contribution in [0.15, 0.2) is 0 Å². The SMILES string of the molecule is CC(C)N(C)S(=O)(=O)NCC(C)(O)C(=O)O. The van der Waals surface area contributed by atoms with Crippen molar-refractivity contribution in [3.63, 3.8) is 0 Å². The number of nitrogens with one attached hydrogen (secondary N) is 1. The summed E-state index contributed by atoms with van der Waals surface area (Å²) in [6, 6.07) is -0.257. The monoisotopic (exact) mass is 254 g/mol. The van der Waals surface area contributed by atoms with E-state index in [-0.39, 0.29) is 6.04 Å². The number of aliphatic carboxylic acids is 1. The van der Waals surface area contributed by atoms with Gasteiger partial charge < -0.3 is 10.2 Å². The molecule has 0 fully saturated rings. The van der Waals surface area contributed by atoms with E-state index in [4.69, 9.17) is 5.11 Å². The number of hydrogen-bond acceptors (Lipinski definition) is 4. The van der Waals surface area contributed by atoms with E-state index >= 15 is 0 Å². The minimum Gasteiger partial charge on any atom is -0.479 e. The van der Waals surface area contributed by atoms with Crippen LogP contribution in [0.5, 0.6) is 0 Å². The third-order valence-electron chi connectivity index (χ3n) is 2.17. The average molecular weight is 254 g/mol. The first-order valence-electron chi connectivity index (χ1n) is 4.69. The molecule has 0 aromatic heterocycles. The van der Waals surface area contributed by atoms with E-state index in [0.717, 1.165) is 11.2 Å². The minimum atomic E-state index is -3.77. The van der Waals surface area contributed by atoms with Crippen LogP contribution < -0.4 is 4.72 Å². The Morgan fingerprint density at radius 3 is 2.25 bits per heavy atom. The maximum atomic E-state index is 11.6. The van der Waals surface area contributed by atoms with Gasteiger partial charge in [0.25, 0.3) is 10.2 Å². The first-order chi connectivity index (χ1) is 7.00. The molecule has 8 heteroatoms. The van der Waals surface area contributed by atoms with Gasteiger partial charge in [-0.1, -0.05) is 0 Å². The lowest BCUT2D eigenvalue weighted by Gasteiger charge is -2.24. The van der Waals surface area contributed by atoms with Crippen LogP contribution in [-0.4, -0.2) is 54.1 Å². The van der Waals surface area contributed by atoms with Crippen LogP contribution in [-0.2, 0) is 15.0 Å². The summed E-state index contributed by atoms with van der Waals surface area (Å²) >= 11 is 0. The molecule has 0 aromatic carbocycles. The Balaban J connectivity index is 4.59. The molecule has 0 saturated carbocycles. The molecule has 0 aromatic rings. The molecule has 0 saturated heterocycles. The average Bonchev–Trinajstić information content (AvgIpc) is 2.13. The van der Waals surface area contributed by atoms with Gasteiger partial charge in [-0.2, -0.15) is 17.4 Å². The molecule has 0 radical (unpaired) electrons. The largest absolute Gasteiger partial charge is 0.479 e. The maximum Gasteiger partial charge on any atom is 0.336 e. The van der Waals surface area contributed by atoms with E-state index in [9.17, 15) is 18.3 Å². The number of aliphatic hydroxyl groups is 1. The van der Waals surface area contributed by atoms with Gasteiger partial charge in [0.2, 0.25) is 0 Å². The third kappa shape index (κ3) is 4.05. The number of carboxylic acids is 1. The molecule has 0 amide bonds. The van der Waals surface area contributed by atoms with Crippen LogP contribution in [0, 0.1) is 0 Å². The van der Waals surface area contributed by atoms with Crippen LogP contribution in [0.4, 0.5) is 0 Å². The van der Waals surface area contributed by atoms with Crippen LogP contribution in [0.1, 0.15) is 20.8 Å². The highest BCUT2D eigenvalue weighted by Gasteiger charge is 2.32. The lowest BCUT2D eigenvalue weighted by Crippen LogP contribution is -2.50. The van der Waals surface area contributed by atoms with Crippen molar-refractivity contribution in [1.29, 1.82) is 0 Å². The first kappa shape index (κ1) is 15.3. The van der Waals surface area contributed by atoms with Gasteiger partial charge in [0, 0.05) is 13.1 Å². The summed E-state index contributed by atoms with van der Waals surface area (Å²) in [6.45, 7) is 3.79. The van der Waals surface area contributed by atoms with Gasteiger partial charge in [-0.05, 0) is 20.8 Å². The minimum absolute atomic E-state index is 0.257. The van der Waals surface area contributed by atoms with E-state index < -0.39 is 28.3 Å². The number of nitrogens with zero attached hydrogens (tertiary/aromatic N) is 1. The highest BCUT2D eigenvalue weighted by Crippen LogP contribution is 2.05. The predicted molar refractivity (Wildman–Crippen MR) is 58.1 cm³/mol. The van der Waals surface area contributed by atoms with Crippen molar-refractivity contribution in [3.05, 3.63) is 0 Å². The van der Waals surface area contributed by atoms with Crippen molar-refractivity contribution in [2.75, 3.05) is 13.6 Å². The normalized spacial score (nSPS) is 16.4. The van der Waals surface area contributed by atoms with Gasteiger partial charge in [-0.3, -0.25) is 0 Å². The van der Waals surface area contributed by atoms with Crippen molar-refractivity contribution in [1.82, 2.24) is 9.03 Å². The zero-order chi connectivity index (χ0) is 13.1. The molecule has 1 unspecified atom stereocenters. The zero-order valence-corrected chi connectivity index (χ0v) is 10.6. The van der Waals surface area contributed by atoms with Crippen molar-refractivity contribution in [2.24, 2.45) is 0 Å². The molecule has 0 spiro atoms. The Labute approximate surface area is 95.2 Å². The van der Waals surface area contributed by atoms with Crippen LogP contribution in [0.2, 0.25) is 0 Å². The molecule has 16 heavy (non-hydrogen) atoms. The summed E-state index contributed by atoms with van der Waals surface area (Å²) in [7, 11) is -2.40. The quantitative estimate of drug-likeness (QED) is 0.563. The van der Waals surface area contributed by atoms with Gasteiger partial charge in [0.05, 0.1) is 6.54 Å². The molecule has 7 nitrogen and oxygen atoms in total. The van der Waals surface area contributed by atoms with Gasteiger partial charge in [-0.15, -0.1) is 0 Å². The number of carbonyl (C=O) groups is 1. The third-order valence-corrected chi connectivity index (χ3v) is 3.85. The molecule has 0 aliphatic carbocycles. The zero-order valence-electron chi connectivity index (χ0n) is 9.76. The summed E-state index contributed by atoms with van der Waals surface area (Å²) in [4.78, 5) is 10.5. The Kier molecular flexibility index (Phi) is 4.86. The fraction of sp³-hybridized carbons (Fsp3) is 0.875. The van der Waals surface area contributed by atoms with Gasteiger partial charge in [0.1, 0.15) is 0 Å². The molecule has 0 aliphatic rings. The van der Waals surface area contributed by atoms with Crippen LogP contribution in [0.3, 0.4) is 0 Å². The summed E-state index contributed by atoms with van der Waals surface area (Å²) < 4.78 is 26.2.